The van der Waals surface area contributed by atoms with Gasteiger partial charge < -0.3 is 10.1 Å². The minimum absolute atomic E-state index is 0.00986. The van der Waals surface area contributed by atoms with Crippen LogP contribution in [-0.2, 0) is 11.3 Å². The minimum atomic E-state index is -0.103. The topological polar surface area (TPSA) is 73.2 Å². The van der Waals surface area contributed by atoms with E-state index in [1.54, 1.807) is 17.7 Å². The summed E-state index contributed by atoms with van der Waals surface area (Å²) in [7, 11) is 1.63. The Bertz CT molecular complexity index is 1180. The highest BCUT2D eigenvalue weighted by molar-refractivity contribution is 7.99. The van der Waals surface area contributed by atoms with Crippen LogP contribution in [0.25, 0.3) is 10.9 Å². The number of carbonyl (C=O) groups is 1. The first-order valence-electron chi connectivity index (χ1n) is 11.5. The fourth-order valence-corrected chi connectivity index (χ4v) is 5.28. The van der Waals surface area contributed by atoms with E-state index in [-0.39, 0.29) is 23.3 Å². The van der Waals surface area contributed by atoms with Crippen molar-refractivity contribution in [1.29, 1.82) is 0 Å². The summed E-state index contributed by atoms with van der Waals surface area (Å²) in [6.07, 6.45) is 3.40. The summed E-state index contributed by atoms with van der Waals surface area (Å²) in [6.45, 7) is 4.86. The van der Waals surface area contributed by atoms with Gasteiger partial charge in [-0.15, -0.1) is 0 Å². The van der Waals surface area contributed by atoms with Crippen molar-refractivity contribution in [3.8, 4) is 5.75 Å². The number of benzene rings is 2. The summed E-state index contributed by atoms with van der Waals surface area (Å²) in [6, 6.07) is 15.2. The van der Waals surface area contributed by atoms with Gasteiger partial charge in [-0.05, 0) is 48.1 Å². The molecule has 1 aliphatic rings. The Morgan fingerprint density at radius 1 is 1.15 bits per heavy atom. The first-order valence-corrected chi connectivity index (χ1v) is 12.5. The molecule has 3 atom stereocenters. The van der Waals surface area contributed by atoms with Crippen LogP contribution in [0.5, 0.6) is 5.75 Å². The van der Waals surface area contributed by atoms with Crippen molar-refractivity contribution >= 4 is 28.6 Å². The number of methoxy groups -OCH3 is 1. The van der Waals surface area contributed by atoms with Crippen molar-refractivity contribution in [3.63, 3.8) is 0 Å². The van der Waals surface area contributed by atoms with Gasteiger partial charge in [0.15, 0.2) is 5.16 Å². The fourth-order valence-electron chi connectivity index (χ4n) is 4.48. The molecule has 7 heteroatoms. The lowest BCUT2D eigenvalue weighted by atomic mass is 9.78. The van der Waals surface area contributed by atoms with Crippen LogP contribution in [0.4, 0.5) is 0 Å². The van der Waals surface area contributed by atoms with E-state index in [2.05, 4.69) is 19.2 Å². The standard InChI is InChI=1S/C26H31N3O3S/c1-17-7-6-10-22(18(17)2)27-24(30)16-33-26-28-23-9-5-4-8-21(23)25(31)29(26)15-19-11-13-20(32-3)14-12-19/h4-5,8-9,11-14,17-18,22H,6-7,10,15-16H2,1-3H3,(H,27,30). The van der Waals surface area contributed by atoms with E-state index >= 15 is 0 Å². The highest BCUT2D eigenvalue weighted by Crippen LogP contribution is 2.29. The number of hydrogen-bond acceptors (Lipinski definition) is 5. The lowest BCUT2D eigenvalue weighted by Crippen LogP contribution is -2.44. The van der Waals surface area contributed by atoms with Gasteiger partial charge in [0.1, 0.15) is 5.75 Å². The summed E-state index contributed by atoms with van der Waals surface area (Å²) in [5, 5.41) is 4.34. The van der Waals surface area contributed by atoms with E-state index in [1.807, 2.05) is 42.5 Å². The lowest BCUT2D eigenvalue weighted by Gasteiger charge is -2.34. The lowest BCUT2D eigenvalue weighted by molar-refractivity contribution is -0.120. The van der Waals surface area contributed by atoms with Gasteiger partial charge >= 0.3 is 0 Å². The molecule has 0 saturated heterocycles. The van der Waals surface area contributed by atoms with Gasteiger partial charge in [-0.1, -0.05) is 62.7 Å². The average molecular weight is 466 g/mol. The molecule has 6 nitrogen and oxygen atoms in total. The van der Waals surface area contributed by atoms with Crippen LogP contribution in [0.1, 0.15) is 38.7 Å². The average Bonchev–Trinajstić information content (AvgIpc) is 2.83. The van der Waals surface area contributed by atoms with E-state index < -0.39 is 0 Å². The van der Waals surface area contributed by atoms with Crippen LogP contribution in [0, 0.1) is 11.8 Å². The Morgan fingerprint density at radius 3 is 2.67 bits per heavy atom. The summed E-state index contributed by atoms with van der Waals surface area (Å²) < 4.78 is 6.90. The Hall–Kier alpha value is -2.80. The van der Waals surface area contributed by atoms with Gasteiger partial charge in [0, 0.05) is 6.04 Å². The number of rotatable bonds is 7. The van der Waals surface area contributed by atoms with E-state index in [0.717, 1.165) is 24.2 Å². The number of ether oxygens (including phenoxy) is 1. The zero-order chi connectivity index (χ0) is 23.4. The van der Waals surface area contributed by atoms with Crippen molar-refractivity contribution in [2.45, 2.75) is 50.9 Å². The number of thioether (sulfide) groups is 1. The molecule has 1 heterocycles. The molecule has 0 bridgehead atoms. The van der Waals surface area contributed by atoms with E-state index in [1.165, 1.54) is 18.2 Å². The molecule has 2 aromatic carbocycles. The van der Waals surface area contributed by atoms with E-state index in [0.29, 0.717) is 34.4 Å². The maximum Gasteiger partial charge on any atom is 0.262 e. The molecule has 1 amide bonds. The number of nitrogens with zero attached hydrogens (tertiary/aromatic N) is 2. The SMILES string of the molecule is COc1ccc(Cn2c(SCC(=O)NC3CCCC(C)C3C)nc3ccccc3c2=O)cc1. The Morgan fingerprint density at radius 2 is 1.91 bits per heavy atom. The second-order valence-corrected chi connectivity index (χ2v) is 9.82. The van der Waals surface area contributed by atoms with Crippen molar-refractivity contribution in [2.75, 3.05) is 12.9 Å². The molecule has 3 aromatic rings. The first-order chi connectivity index (χ1) is 16.0. The van der Waals surface area contributed by atoms with Gasteiger partial charge in [-0.25, -0.2) is 4.98 Å². The summed E-state index contributed by atoms with van der Waals surface area (Å²) >= 11 is 1.32. The molecule has 1 saturated carbocycles. The molecule has 4 rings (SSSR count). The molecule has 1 aliphatic carbocycles. The number of carbonyl (C=O) groups excluding carboxylic acids is 1. The van der Waals surface area contributed by atoms with Crippen LogP contribution in [-0.4, -0.2) is 34.4 Å². The third kappa shape index (κ3) is 5.41. The fraction of sp³-hybridized carbons (Fsp3) is 0.423. The monoisotopic (exact) mass is 465 g/mol. The quantitative estimate of drug-likeness (QED) is 0.411. The number of hydrogen-bond donors (Lipinski definition) is 1. The minimum Gasteiger partial charge on any atom is -0.497 e. The highest BCUT2D eigenvalue weighted by atomic mass is 32.2. The third-order valence-corrected chi connectivity index (χ3v) is 7.69. The molecule has 33 heavy (non-hydrogen) atoms. The smallest absolute Gasteiger partial charge is 0.262 e. The van der Waals surface area contributed by atoms with Gasteiger partial charge in [0.25, 0.3) is 5.56 Å². The van der Waals surface area contributed by atoms with E-state index in [4.69, 9.17) is 9.72 Å². The molecule has 1 N–H and O–H groups in total. The van der Waals surface area contributed by atoms with Crippen molar-refractivity contribution in [3.05, 3.63) is 64.4 Å². The summed E-state index contributed by atoms with van der Waals surface area (Å²) in [5.74, 6) is 2.07. The zero-order valence-corrected chi connectivity index (χ0v) is 20.2. The van der Waals surface area contributed by atoms with Gasteiger partial charge in [0.2, 0.25) is 5.91 Å². The van der Waals surface area contributed by atoms with Crippen molar-refractivity contribution < 1.29 is 9.53 Å². The van der Waals surface area contributed by atoms with Crippen molar-refractivity contribution in [1.82, 2.24) is 14.9 Å². The molecule has 3 unspecified atom stereocenters. The molecule has 1 fully saturated rings. The van der Waals surface area contributed by atoms with Crippen LogP contribution in [0.2, 0.25) is 0 Å². The van der Waals surface area contributed by atoms with Crippen molar-refractivity contribution in [2.24, 2.45) is 11.8 Å². The van der Waals surface area contributed by atoms with Gasteiger partial charge in [-0.2, -0.15) is 0 Å². The second-order valence-electron chi connectivity index (χ2n) is 8.88. The molecule has 174 valence electrons. The van der Waals surface area contributed by atoms with Crippen LogP contribution < -0.4 is 15.6 Å². The molecule has 0 radical (unpaired) electrons. The molecular formula is C26H31N3O3S. The number of fused-ring (bicyclic) bond motifs is 1. The molecule has 0 aliphatic heterocycles. The normalized spacial score (nSPS) is 20.5. The predicted molar refractivity (Wildman–Crippen MR) is 133 cm³/mol. The number of aromatic nitrogens is 2. The van der Waals surface area contributed by atoms with E-state index in [9.17, 15) is 9.59 Å². The molecule has 0 spiro atoms. The molecule has 1 aromatic heterocycles. The van der Waals surface area contributed by atoms with Crippen LogP contribution >= 0.6 is 11.8 Å². The first kappa shape index (κ1) is 23.4. The summed E-state index contributed by atoms with van der Waals surface area (Å²) in [5.41, 5.74) is 1.51. The van der Waals surface area contributed by atoms with Gasteiger partial charge in [0.05, 0.1) is 30.3 Å². The number of amides is 1. The highest BCUT2D eigenvalue weighted by Gasteiger charge is 2.28. The van der Waals surface area contributed by atoms with Crippen LogP contribution in [0.15, 0.2) is 58.5 Å². The second kappa shape index (κ2) is 10.4. The maximum atomic E-state index is 13.3. The largest absolute Gasteiger partial charge is 0.497 e. The number of para-hydroxylation sites is 1. The van der Waals surface area contributed by atoms with Crippen LogP contribution in [0.3, 0.4) is 0 Å². The Balaban J connectivity index is 1.55. The maximum absolute atomic E-state index is 13.3. The predicted octanol–water partition coefficient (Wildman–Crippen LogP) is 4.49. The molecular weight excluding hydrogens is 434 g/mol. The Kier molecular flexibility index (Phi) is 7.38. The third-order valence-electron chi connectivity index (χ3n) is 6.71. The number of nitrogens with one attached hydrogen (secondary N) is 1. The summed E-state index contributed by atoms with van der Waals surface area (Å²) in [4.78, 5) is 30.8. The van der Waals surface area contributed by atoms with Gasteiger partial charge in [-0.3, -0.25) is 14.2 Å². The zero-order valence-electron chi connectivity index (χ0n) is 19.4. The Labute approximate surface area is 198 Å².